The molecule has 0 saturated carbocycles. The van der Waals surface area contributed by atoms with E-state index >= 15 is 0 Å². The molecule has 1 aromatic carbocycles. The molecule has 1 saturated heterocycles. The van der Waals surface area contributed by atoms with Gasteiger partial charge in [-0.05, 0) is 36.1 Å². The topological polar surface area (TPSA) is 35.5 Å². The SMILES string of the molecule is O=C(CC1CCOC1)c1ccc2c(c1)CCO2. The summed E-state index contributed by atoms with van der Waals surface area (Å²) in [6.07, 6.45) is 2.54. The molecule has 2 aliphatic heterocycles. The van der Waals surface area contributed by atoms with E-state index in [1.165, 1.54) is 5.56 Å². The molecule has 0 aromatic heterocycles. The molecule has 0 radical (unpaired) electrons. The molecular formula is C14H16O3. The maximum Gasteiger partial charge on any atom is 0.163 e. The molecule has 90 valence electrons. The predicted octanol–water partition coefficient (Wildman–Crippen LogP) is 2.23. The maximum atomic E-state index is 12.1. The number of benzene rings is 1. The van der Waals surface area contributed by atoms with Gasteiger partial charge in [0.15, 0.2) is 5.78 Å². The Morgan fingerprint density at radius 2 is 2.29 bits per heavy atom. The minimum Gasteiger partial charge on any atom is -0.493 e. The summed E-state index contributed by atoms with van der Waals surface area (Å²) in [5.74, 6) is 1.58. The van der Waals surface area contributed by atoms with E-state index in [-0.39, 0.29) is 5.78 Å². The van der Waals surface area contributed by atoms with Crippen molar-refractivity contribution < 1.29 is 14.3 Å². The Bertz CT molecular complexity index is 433. The highest BCUT2D eigenvalue weighted by atomic mass is 16.5. The normalized spacial score (nSPS) is 22.2. The van der Waals surface area contributed by atoms with Crippen molar-refractivity contribution in [3.63, 3.8) is 0 Å². The zero-order valence-corrected chi connectivity index (χ0v) is 9.78. The lowest BCUT2D eigenvalue weighted by Gasteiger charge is -2.07. The van der Waals surface area contributed by atoms with Crippen LogP contribution in [-0.2, 0) is 11.2 Å². The fraction of sp³-hybridized carbons (Fsp3) is 0.500. The molecule has 0 N–H and O–H groups in total. The van der Waals surface area contributed by atoms with Gasteiger partial charge >= 0.3 is 0 Å². The van der Waals surface area contributed by atoms with Gasteiger partial charge in [-0.15, -0.1) is 0 Å². The highest BCUT2D eigenvalue weighted by Crippen LogP contribution is 2.27. The van der Waals surface area contributed by atoms with Gasteiger partial charge in [0.25, 0.3) is 0 Å². The van der Waals surface area contributed by atoms with E-state index < -0.39 is 0 Å². The molecule has 0 aliphatic carbocycles. The predicted molar refractivity (Wildman–Crippen MR) is 63.5 cm³/mol. The molecule has 0 spiro atoms. The van der Waals surface area contributed by atoms with Gasteiger partial charge in [-0.3, -0.25) is 4.79 Å². The summed E-state index contributed by atoms with van der Waals surface area (Å²) in [5, 5.41) is 0. The van der Waals surface area contributed by atoms with Crippen molar-refractivity contribution in [1.82, 2.24) is 0 Å². The molecule has 0 amide bonds. The van der Waals surface area contributed by atoms with Crippen molar-refractivity contribution in [2.24, 2.45) is 5.92 Å². The number of rotatable bonds is 3. The Balaban J connectivity index is 1.72. The lowest BCUT2D eigenvalue weighted by atomic mass is 9.96. The Hall–Kier alpha value is -1.35. The van der Waals surface area contributed by atoms with Crippen molar-refractivity contribution in [3.05, 3.63) is 29.3 Å². The van der Waals surface area contributed by atoms with Crippen molar-refractivity contribution in [1.29, 1.82) is 0 Å². The van der Waals surface area contributed by atoms with Crippen LogP contribution in [0.25, 0.3) is 0 Å². The van der Waals surface area contributed by atoms with Crippen LogP contribution < -0.4 is 4.74 Å². The third-order valence-electron chi connectivity index (χ3n) is 3.51. The summed E-state index contributed by atoms with van der Waals surface area (Å²) >= 11 is 0. The summed E-state index contributed by atoms with van der Waals surface area (Å²) in [6, 6.07) is 5.78. The second kappa shape index (κ2) is 4.49. The van der Waals surface area contributed by atoms with E-state index in [9.17, 15) is 4.79 Å². The van der Waals surface area contributed by atoms with Crippen molar-refractivity contribution in [2.45, 2.75) is 19.3 Å². The summed E-state index contributed by atoms with van der Waals surface area (Å²) in [7, 11) is 0. The molecule has 1 aromatic rings. The molecule has 0 bridgehead atoms. The number of carbonyl (C=O) groups is 1. The van der Waals surface area contributed by atoms with Crippen LogP contribution in [0.15, 0.2) is 18.2 Å². The monoisotopic (exact) mass is 232 g/mol. The number of fused-ring (bicyclic) bond motifs is 1. The molecule has 2 heterocycles. The quantitative estimate of drug-likeness (QED) is 0.750. The van der Waals surface area contributed by atoms with E-state index in [1.54, 1.807) is 0 Å². The summed E-state index contributed by atoms with van der Waals surface area (Å²) < 4.78 is 10.7. The van der Waals surface area contributed by atoms with Crippen LogP contribution >= 0.6 is 0 Å². The number of hydrogen-bond acceptors (Lipinski definition) is 3. The minimum atomic E-state index is 0.232. The van der Waals surface area contributed by atoms with Gasteiger partial charge < -0.3 is 9.47 Å². The third kappa shape index (κ3) is 2.20. The zero-order chi connectivity index (χ0) is 11.7. The Kier molecular flexibility index (Phi) is 2.85. The Labute approximate surface area is 101 Å². The summed E-state index contributed by atoms with van der Waals surface area (Å²) in [6.45, 7) is 2.28. The molecule has 1 fully saturated rings. The minimum absolute atomic E-state index is 0.232. The first-order chi connectivity index (χ1) is 8.33. The molecular weight excluding hydrogens is 216 g/mol. The van der Waals surface area contributed by atoms with Crippen molar-refractivity contribution in [3.8, 4) is 5.75 Å². The fourth-order valence-corrected chi connectivity index (χ4v) is 2.48. The second-order valence-electron chi connectivity index (χ2n) is 4.78. The van der Waals surface area contributed by atoms with E-state index in [2.05, 4.69) is 0 Å². The van der Waals surface area contributed by atoms with Gasteiger partial charge in [0.1, 0.15) is 5.75 Å². The average Bonchev–Trinajstić information content (AvgIpc) is 2.97. The van der Waals surface area contributed by atoms with Gasteiger partial charge in [0, 0.05) is 31.6 Å². The maximum absolute atomic E-state index is 12.1. The van der Waals surface area contributed by atoms with Gasteiger partial charge in [0.05, 0.1) is 6.61 Å². The van der Waals surface area contributed by atoms with Crippen LogP contribution in [0.3, 0.4) is 0 Å². The number of ether oxygens (including phenoxy) is 2. The summed E-state index contributed by atoms with van der Waals surface area (Å²) in [5.41, 5.74) is 1.99. The Morgan fingerprint density at radius 1 is 1.35 bits per heavy atom. The largest absolute Gasteiger partial charge is 0.493 e. The first kappa shape index (κ1) is 10.8. The first-order valence-corrected chi connectivity index (χ1v) is 6.19. The summed E-state index contributed by atoms with van der Waals surface area (Å²) in [4.78, 5) is 12.1. The highest BCUT2D eigenvalue weighted by molar-refractivity contribution is 5.96. The molecule has 17 heavy (non-hydrogen) atoms. The van der Waals surface area contributed by atoms with E-state index in [4.69, 9.17) is 9.47 Å². The van der Waals surface area contributed by atoms with Gasteiger partial charge in [-0.25, -0.2) is 0 Å². The lowest BCUT2D eigenvalue weighted by Crippen LogP contribution is -2.08. The van der Waals surface area contributed by atoms with Crippen LogP contribution in [0.1, 0.15) is 28.8 Å². The first-order valence-electron chi connectivity index (χ1n) is 6.19. The molecule has 2 aliphatic rings. The zero-order valence-electron chi connectivity index (χ0n) is 9.78. The van der Waals surface area contributed by atoms with Crippen LogP contribution in [0, 0.1) is 5.92 Å². The van der Waals surface area contributed by atoms with Crippen LogP contribution in [0.4, 0.5) is 0 Å². The highest BCUT2D eigenvalue weighted by Gasteiger charge is 2.21. The van der Waals surface area contributed by atoms with Crippen LogP contribution in [-0.4, -0.2) is 25.6 Å². The molecule has 1 unspecified atom stereocenters. The average molecular weight is 232 g/mol. The van der Waals surface area contributed by atoms with Gasteiger partial charge in [-0.1, -0.05) is 0 Å². The number of hydrogen-bond donors (Lipinski definition) is 0. The number of carbonyl (C=O) groups excluding carboxylic acids is 1. The number of ketones is 1. The fourth-order valence-electron chi connectivity index (χ4n) is 2.48. The third-order valence-corrected chi connectivity index (χ3v) is 3.51. The standard InChI is InChI=1S/C14H16O3/c15-13(7-10-3-5-16-9-10)11-1-2-14-12(8-11)4-6-17-14/h1-2,8,10H,3-7,9H2. The van der Waals surface area contributed by atoms with Gasteiger partial charge in [-0.2, -0.15) is 0 Å². The van der Waals surface area contributed by atoms with E-state index in [0.717, 1.165) is 44.0 Å². The number of Topliss-reactive ketones (excluding diaryl/α,β-unsaturated/α-hetero) is 1. The smallest absolute Gasteiger partial charge is 0.163 e. The molecule has 3 rings (SSSR count). The molecule has 1 atom stereocenters. The molecule has 3 nitrogen and oxygen atoms in total. The van der Waals surface area contributed by atoms with Crippen molar-refractivity contribution in [2.75, 3.05) is 19.8 Å². The van der Waals surface area contributed by atoms with E-state index in [1.807, 2.05) is 18.2 Å². The van der Waals surface area contributed by atoms with Crippen LogP contribution in [0.5, 0.6) is 5.75 Å². The van der Waals surface area contributed by atoms with Crippen LogP contribution in [0.2, 0.25) is 0 Å². The van der Waals surface area contributed by atoms with E-state index in [0.29, 0.717) is 12.3 Å². The van der Waals surface area contributed by atoms with Gasteiger partial charge in [0.2, 0.25) is 0 Å². The lowest BCUT2D eigenvalue weighted by molar-refractivity contribution is 0.0952. The van der Waals surface area contributed by atoms with Crippen molar-refractivity contribution >= 4 is 5.78 Å². The second-order valence-corrected chi connectivity index (χ2v) is 4.78. The molecule has 3 heteroatoms. The Morgan fingerprint density at radius 3 is 3.12 bits per heavy atom.